The fraction of sp³-hybridized carbons (Fsp3) is 0.103. The number of fused-ring (bicyclic) bond motifs is 15. The topological polar surface area (TPSA) is 200 Å². The SMILES string of the molecule is CC1(C)Oc2c(sc3c4c(sc23)-c2oc3cc(-c5ccc(/C=C6\C(=O)c7ccccc7C6=C(C#N)C#N)s5)oc3c2C(C)(C)O4)-c2oc3cc(-c4ccc(/C=C5\C(=O)c6ccccc6C5=C(C#N)C#N)s4)oc3c21. The number of carbonyl (C=O) groups excluding carboxylic acids is 2. The van der Waals surface area contributed by atoms with E-state index in [9.17, 15) is 30.6 Å². The maximum absolute atomic E-state index is 13.6. The lowest BCUT2D eigenvalue weighted by Crippen LogP contribution is -2.28. The van der Waals surface area contributed by atoms with Gasteiger partial charge < -0.3 is 27.1 Å². The highest BCUT2D eigenvalue weighted by Crippen LogP contribution is 2.64. The first-order valence-corrected chi connectivity index (χ1v) is 26.2. The first-order valence-electron chi connectivity index (χ1n) is 22.9. The Bertz CT molecular complexity index is 4280. The highest BCUT2D eigenvalue weighted by Gasteiger charge is 2.47. The van der Waals surface area contributed by atoms with Gasteiger partial charge in [-0.05, 0) is 75.2 Å². The molecule has 74 heavy (non-hydrogen) atoms. The number of nitriles is 4. The van der Waals surface area contributed by atoms with E-state index >= 15 is 0 Å². The quantitative estimate of drug-likeness (QED) is 0.119. The molecular weight excluding hydrogens is 1010 g/mol. The summed E-state index contributed by atoms with van der Waals surface area (Å²) in [6.07, 6.45) is 3.45. The zero-order valence-corrected chi connectivity index (χ0v) is 42.2. The van der Waals surface area contributed by atoms with Gasteiger partial charge in [-0.1, -0.05) is 48.5 Å². The van der Waals surface area contributed by atoms with Crippen molar-refractivity contribution in [2.75, 3.05) is 0 Å². The summed E-state index contributed by atoms with van der Waals surface area (Å²) in [4.78, 5) is 31.8. The molecular formula is C58H28N4O8S4. The van der Waals surface area contributed by atoms with E-state index in [-0.39, 0.29) is 22.7 Å². The number of ether oxygens (including phenoxy) is 2. The van der Waals surface area contributed by atoms with Crippen LogP contribution in [0.1, 0.15) is 80.4 Å². The number of Topliss-reactive ketones (excluding diaryl/α,β-unsaturated/α-hetero) is 2. The zero-order valence-electron chi connectivity index (χ0n) is 38.9. The van der Waals surface area contributed by atoms with Gasteiger partial charge in [0, 0.05) is 55.3 Å². The van der Waals surface area contributed by atoms with E-state index in [0.29, 0.717) is 101 Å². The molecule has 12 nitrogen and oxygen atoms in total. The van der Waals surface area contributed by atoms with Gasteiger partial charge in [-0.25, -0.2) is 0 Å². The van der Waals surface area contributed by atoms with Crippen molar-refractivity contribution in [2.45, 2.75) is 38.9 Å². The Balaban J connectivity index is 0.785. The molecule has 352 valence electrons. The van der Waals surface area contributed by atoms with Crippen LogP contribution < -0.4 is 9.47 Å². The predicted molar refractivity (Wildman–Crippen MR) is 282 cm³/mol. The van der Waals surface area contributed by atoms with E-state index in [1.807, 2.05) is 88.4 Å². The van der Waals surface area contributed by atoms with Gasteiger partial charge in [0.15, 0.2) is 56.9 Å². The predicted octanol–water partition coefficient (Wildman–Crippen LogP) is 15.8. The summed E-state index contributed by atoms with van der Waals surface area (Å²) in [6, 6.07) is 33.2. The lowest BCUT2D eigenvalue weighted by Gasteiger charge is -2.30. The Morgan fingerprint density at radius 3 is 1.30 bits per heavy atom. The second kappa shape index (κ2) is 15.3. The normalized spacial score (nSPS) is 16.5. The molecule has 2 aromatic carbocycles. The minimum atomic E-state index is -0.872. The number of benzene rings is 2. The van der Waals surface area contributed by atoms with Crippen molar-refractivity contribution in [2.24, 2.45) is 0 Å². The number of rotatable bonds is 4. The van der Waals surface area contributed by atoms with Gasteiger partial charge in [-0.15, -0.1) is 45.3 Å². The van der Waals surface area contributed by atoms with Crippen molar-refractivity contribution in [1.82, 2.24) is 0 Å². The van der Waals surface area contributed by atoms with Gasteiger partial charge in [-0.2, -0.15) is 21.0 Å². The standard InChI is InChI=1S/C58H28N4O8S4/c1-57(2)43-47-37(19-35(65-47)39-15-13-27(71-39)17-33-41(25(21-59)22-60)29-9-5-7-11-31(29)45(33)63)67-49(43)53-51(69-57)55-56(73-53)52-54(74-55)50-44(58(3,4)70-52)48-38(68-50)20-36(66-48)40-16-14-28(72-40)18-34-42(26(23-61)24-62)30-10-6-8-12-32(30)46(34)64/h5-20H,1-4H3/b33-17-,34-18-. The van der Waals surface area contributed by atoms with Crippen molar-refractivity contribution in [1.29, 1.82) is 21.0 Å². The maximum atomic E-state index is 13.6. The summed E-state index contributed by atoms with van der Waals surface area (Å²) in [5.74, 6) is 3.38. The number of furan rings is 4. The second-order valence-electron chi connectivity index (χ2n) is 18.8. The highest BCUT2D eigenvalue weighted by atomic mass is 32.1. The zero-order chi connectivity index (χ0) is 50.7. The van der Waals surface area contributed by atoms with Gasteiger partial charge in [0.05, 0.1) is 30.3 Å². The molecule has 2 aliphatic heterocycles. The van der Waals surface area contributed by atoms with Crippen LogP contribution in [0.4, 0.5) is 0 Å². The summed E-state index contributed by atoms with van der Waals surface area (Å²) in [7, 11) is 0. The summed E-state index contributed by atoms with van der Waals surface area (Å²) in [6.45, 7) is 7.95. The lowest BCUT2D eigenvalue weighted by atomic mass is 9.94. The second-order valence-corrected chi connectivity index (χ2v) is 23.1. The van der Waals surface area contributed by atoms with Crippen LogP contribution in [0.2, 0.25) is 0 Å². The smallest absolute Gasteiger partial charge is 0.194 e. The molecule has 0 N–H and O–H groups in total. The number of hydrogen-bond acceptors (Lipinski definition) is 16. The number of nitrogens with zero attached hydrogens (tertiary/aromatic N) is 4. The Hall–Kier alpha value is -9.00. The van der Waals surface area contributed by atoms with E-state index in [2.05, 4.69) is 0 Å². The van der Waals surface area contributed by atoms with Crippen molar-refractivity contribution >= 4 is 112 Å². The number of ketones is 2. The average molecular weight is 1040 g/mol. The van der Waals surface area contributed by atoms with Crippen LogP contribution in [-0.2, 0) is 11.2 Å². The first-order chi connectivity index (χ1) is 35.8. The van der Waals surface area contributed by atoms with Gasteiger partial charge in [-0.3, -0.25) is 9.59 Å². The highest BCUT2D eigenvalue weighted by molar-refractivity contribution is 7.32. The van der Waals surface area contributed by atoms with E-state index in [1.165, 1.54) is 45.3 Å². The van der Waals surface area contributed by atoms with E-state index in [4.69, 9.17) is 27.1 Å². The van der Waals surface area contributed by atoms with Crippen molar-refractivity contribution in [3.05, 3.63) is 150 Å². The number of thiophene rings is 4. The summed E-state index contributed by atoms with van der Waals surface area (Å²) < 4.78 is 42.2. The van der Waals surface area contributed by atoms with Gasteiger partial charge in [0.1, 0.15) is 67.9 Å². The Kier molecular flexibility index (Phi) is 9.03. The molecule has 0 atom stereocenters. The molecule has 0 saturated carbocycles. The molecule has 0 saturated heterocycles. The van der Waals surface area contributed by atoms with Crippen molar-refractivity contribution in [3.63, 3.8) is 0 Å². The summed E-state index contributed by atoms with van der Waals surface area (Å²) in [5, 5.41) is 39.1. The number of allylic oxidation sites excluding steroid dienone is 6. The van der Waals surface area contributed by atoms with Crippen LogP contribution in [0.3, 0.4) is 0 Å². The lowest BCUT2D eigenvalue weighted by molar-refractivity contribution is 0.103. The minimum Gasteiger partial charge on any atom is -0.480 e. The molecule has 0 amide bonds. The average Bonchev–Trinajstić information content (AvgIpc) is 4.25. The molecule has 0 spiro atoms. The molecule has 0 bridgehead atoms. The Morgan fingerprint density at radius 2 is 0.905 bits per heavy atom. The van der Waals surface area contributed by atoms with E-state index in [1.54, 1.807) is 60.7 Å². The van der Waals surface area contributed by atoms with Crippen LogP contribution in [0.25, 0.3) is 97.6 Å². The van der Waals surface area contributed by atoms with E-state index < -0.39 is 11.2 Å². The third-order valence-electron chi connectivity index (χ3n) is 13.7. The van der Waals surface area contributed by atoms with Gasteiger partial charge >= 0.3 is 0 Å². The molecule has 0 fully saturated rings. The summed E-state index contributed by atoms with van der Waals surface area (Å²) >= 11 is 5.88. The van der Waals surface area contributed by atoms with Gasteiger partial charge in [0.2, 0.25) is 0 Å². The number of hydrogen-bond donors (Lipinski definition) is 0. The minimum absolute atomic E-state index is 0.117. The summed E-state index contributed by atoms with van der Waals surface area (Å²) in [5.41, 5.74) is 5.16. The largest absolute Gasteiger partial charge is 0.480 e. The monoisotopic (exact) mass is 1040 g/mol. The van der Waals surface area contributed by atoms with Crippen LogP contribution in [-0.4, -0.2) is 11.6 Å². The Morgan fingerprint density at radius 1 is 0.514 bits per heavy atom. The molecule has 2 aliphatic carbocycles. The van der Waals surface area contributed by atoms with Gasteiger partial charge in [0.25, 0.3) is 0 Å². The third kappa shape index (κ3) is 5.99. The third-order valence-corrected chi connectivity index (χ3v) is 18.2. The van der Waals surface area contributed by atoms with Crippen LogP contribution in [0, 0.1) is 45.3 Å². The molecule has 14 rings (SSSR count). The molecule has 0 unspecified atom stereocenters. The fourth-order valence-corrected chi connectivity index (χ4v) is 14.9. The Labute approximate surface area is 434 Å². The van der Waals surface area contributed by atoms with Crippen LogP contribution in [0.5, 0.6) is 11.5 Å². The number of carbonyl (C=O) groups is 2. The molecule has 4 aliphatic rings. The molecule has 10 aromatic rings. The molecule has 10 heterocycles. The van der Waals surface area contributed by atoms with Crippen LogP contribution >= 0.6 is 45.3 Å². The molecule has 16 heteroatoms. The molecule has 0 radical (unpaired) electrons. The van der Waals surface area contributed by atoms with Crippen LogP contribution in [0.15, 0.2) is 125 Å². The van der Waals surface area contributed by atoms with E-state index in [0.717, 1.165) is 49.8 Å². The first kappa shape index (κ1) is 43.8. The molecule has 8 aromatic heterocycles. The fourth-order valence-electron chi connectivity index (χ4n) is 10.5. The van der Waals surface area contributed by atoms with Crippen molar-refractivity contribution < 1.29 is 36.7 Å². The maximum Gasteiger partial charge on any atom is 0.194 e. The van der Waals surface area contributed by atoms with Crippen molar-refractivity contribution in [3.8, 4) is 78.3 Å².